The number of aliphatic carboxylic acids is 4. The Bertz CT molecular complexity index is 944. The molecule has 206 valence electrons. The third-order valence-corrected chi connectivity index (χ3v) is 6.32. The summed E-state index contributed by atoms with van der Waals surface area (Å²) < 4.78 is 0. The highest BCUT2D eigenvalue weighted by Crippen LogP contribution is 2.26. The first-order valence-electron chi connectivity index (χ1n) is 12.2. The summed E-state index contributed by atoms with van der Waals surface area (Å²) in [6, 6.07) is 5.74. The quantitative estimate of drug-likeness (QED) is 0.101. The zero-order valence-electron chi connectivity index (χ0n) is 20.8. The molecule has 1 atom stereocenters. The van der Waals surface area contributed by atoms with Gasteiger partial charge in [-0.2, -0.15) is 0 Å². The summed E-state index contributed by atoms with van der Waals surface area (Å²) in [6.07, 6.45) is 2.23. The smallest absolute Gasteiger partial charge is 0.317 e. The van der Waals surface area contributed by atoms with Crippen LogP contribution in [-0.4, -0.2) is 130 Å². The lowest BCUT2D eigenvalue weighted by atomic mass is 9.87. The number of nitrogens with one attached hydrogen (secondary N) is 1. The molecule has 0 fully saturated rings. The van der Waals surface area contributed by atoms with E-state index in [1.165, 1.54) is 5.56 Å². The molecule has 0 amide bonds. The van der Waals surface area contributed by atoms with E-state index in [9.17, 15) is 34.5 Å². The predicted octanol–water partition coefficient (Wildman–Crippen LogP) is -1.04. The molecule has 2 rings (SSSR count). The average Bonchev–Trinajstić information content (AvgIpc) is 2.80. The summed E-state index contributed by atoms with van der Waals surface area (Å²) in [5.74, 6) is -4.08. The van der Waals surface area contributed by atoms with E-state index in [-0.39, 0.29) is 64.9 Å². The van der Waals surface area contributed by atoms with Crippen molar-refractivity contribution in [1.82, 2.24) is 20.0 Å². The summed E-state index contributed by atoms with van der Waals surface area (Å²) in [4.78, 5) is 50.1. The minimum Gasteiger partial charge on any atom is -0.480 e. The van der Waals surface area contributed by atoms with Crippen molar-refractivity contribution >= 4 is 29.6 Å². The van der Waals surface area contributed by atoms with Gasteiger partial charge in [-0.1, -0.05) is 6.07 Å². The molecule has 37 heavy (non-hydrogen) atoms. The van der Waals surface area contributed by atoms with Crippen LogP contribution < -0.4 is 11.1 Å². The standard InChI is InChI=1S/C24H37N5O8/c25-19-3-1-17-2-4-20(12-18(17)11-19)29(16-24(36)37)10-9-28(15-23(34)35)8-7-27(14-22(32)33)6-5-26-13-21(30)31/h1,3,11,20,26H,2,4-10,12-16,25H2,(H,30,31)(H,32,33)(H,34,35)(H,36,37)/t20-/m1/s1. The molecular weight excluding hydrogens is 486 g/mol. The molecule has 7 N–H and O–H groups in total. The number of aryl methyl sites for hydroxylation is 1. The van der Waals surface area contributed by atoms with Gasteiger partial charge in [-0.25, -0.2) is 0 Å². The Morgan fingerprint density at radius 2 is 1.41 bits per heavy atom. The van der Waals surface area contributed by atoms with E-state index in [0.29, 0.717) is 18.7 Å². The molecule has 1 aliphatic carbocycles. The predicted molar refractivity (Wildman–Crippen MR) is 135 cm³/mol. The van der Waals surface area contributed by atoms with Crippen LogP contribution in [0.3, 0.4) is 0 Å². The number of rotatable bonds is 18. The van der Waals surface area contributed by atoms with Gasteiger partial charge in [0.2, 0.25) is 0 Å². The number of hydrogen-bond donors (Lipinski definition) is 6. The number of benzene rings is 1. The maximum Gasteiger partial charge on any atom is 0.317 e. The van der Waals surface area contributed by atoms with E-state index in [1.54, 1.807) is 9.80 Å². The third-order valence-electron chi connectivity index (χ3n) is 6.32. The first-order valence-corrected chi connectivity index (χ1v) is 12.2. The van der Waals surface area contributed by atoms with E-state index in [4.69, 9.17) is 10.8 Å². The van der Waals surface area contributed by atoms with E-state index in [0.717, 1.165) is 18.4 Å². The van der Waals surface area contributed by atoms with Gasteiger partial charge < -0.3 is 31.5 Å². The molecule has 0 aromatic heterocycles. The second kappa shape index (κ2) is 15.1. The lowest BCUT2D eigenvalue weighted by molar-refractivity contribution is -0.141. The first kappa shape index (κ1) is 30.0. The molecule has 0 bridgehead atoms. The van der Waals surface area contributed by atoms with Gasteiger partial charge >= 0.3 is 23.9 Å². The van der Waals surface area contributed by atoms with Crippen LogP contribution in [0.15, 0.2) is 18.2 Å². The molecule has 13 nitrogen and oxygen atoms in total. The van der Waals surface area contributed by atoms with Gasteiger partial charge in [0.1, 0.15) is 0 Å². The molecule has 1 aromatic carbocycles. The van der Waals surface area contributed by atoms with Gasteiger partial charge in [0.15, 0.2) is 0 Å². The number of hydrogen-bond acceptors (Lipinski definition) is 9. The van der Waals surface area contributed by atoms with Crippen LogP contribution in [0, 0.1) is 0 Å². The van der Waals surface area contributed by atoms with Gasteiger partial charge in [-0.05, 0) is 42.5 Å². The van der Waals surface area contributed by atoms with E-state index in [1.807, 2.05) is 23.1 Å². The van der Waals surface area contributed by atoms with Gasteiger partial charge in [0.05, 0.1) is 26.2 Å². The van der Waals surface area contributed by atoms with Crippen molar-refractivity contribution in [2.45, 2.75) is 25.3 Å². The van der Waals surface area contributed by atoms with Gasteiger partial charge in [-0.15, -0.1) is 0 Å². The number of anilines is 1. The van der Waals surface area contributed by atoms with Crippen LogP contribution >= 0.6 is 0 Å². The highest BCUT2D eigenvalue weighted by atomic mass is 16.4. The molecule has 0 saturated carbocycles. The van der Waals surface area contributed by atoms with Crippen LogP contribution in [-0.2, 0) is 32.0 Å². The SMILES string of the molecule is Nc1ccc2c(c1)C[C@H](N(CCN(CCN(CCNCC(=O)O)CC(=O)O)CC(=O)O)CC(=O)O)CC2. The number of carboxylic acids is 4. The molecule has 0 saturated heterocycles. The molecule has 13 heteroatoms. The molecule has 0 heterocycles. The first-order chi connectivity index (χ1) is 17.5. The van der Waals surface area contributed by atoms with Crippen LogP contribution in [0.5, 0.6) is 0 Å². The Balaban J connectivity index is 2.00. The fourth-order valence-corrected chi connectivity index (χ4v) is 4.54. The molecule has 0 spiro atoms. The summed E-state index contributed by atoms with van der Waals surface area (Å²) in [5, 5.41) is 39.5. The Hall–Kier alpha value is -3.26. The van der Waals surface area contributed by atoms with Crippen molar-refractivity contribution < 1.29 is 39.6 Å². The zero-order valence-corrected chi connectivity index (χ0v) is 20.8. The third kappa shape index (κ3) is 11.6. The summed E-state index contributed by atoms with van der Waals surface area (Å²) >= 11 is 0. The summed E-state index contributed by atoms with van der Waals surface area (Å²) in [5.41, 5.74) is 8.87. The van der Waals surface area contributed by atoms with Crippen molar-refractivity contribution in [3.8, 4) is 0 Å². The fraction of sp³-hybridized carbons (Fsp3) is 0.583. The maximum atomic E-state index is 11.6. The van der Waals surface area contributed by atoms with Crippen molar-refractivity contribution in [3.05, 3.63) is 29.3 Å². The lowest BCUT2D eigenvalue weighted by Crippen LogP contribution is -2.48. The summed E-state index contributed by atoms with van der Waals surface area (Å²) in [6.45, 7) is 0.697. The topological polar surface area (TPSA) is 197 Å². The Kier molecular flexibility index (Phi) is 12.2. The summed E-state index contributed by atoms with van der Waals surface area (Å²) in [7, 11) is 0. The van der Waals surface area contributed by atoms with E-state index >= 15 is 0 Å². The number of nitrogen functional groups attached to an aromatic ring is 1. The molecule has 1 aromatic rings. The van der Waals surface area contributed by atoms with Crippen molar-refractivity contribution in [2.24, 2.45) is 0 Å². The van der Waals surface area contributed by atoms with Gasteiger partial charge in [0.25, 0.3) is 0 Å². The highest BCUT2D eigenvalue weighted by Gasteiger charge is 2.26. The Morgan fingerprint density at radius 3 is 2.00 bits per heavy atom. The molecular formula is C24H37N5O8. The lowest BCUT2D eigenvalue weighted by Gasteiger charge is -2.36. The van der Waals surface area contributed by atoms with Crippen LogP contribution in [0.25, 0.3) is 0 Å². The van der Waals surface area contributed by atoms with Gasteiger partial charge in [-0.3, -0.25) is 33.9 Å². The maximum absolute atomic E-state index is 11.6. The normalized spacial score (nSPS) is 15.2. The molecule has 0 unspecified atom stereocenters. The average molecular weight is 524 g/mol. The van der Waals surface area contributed by atoms with Crippen LogP contribution in [0.4, 0.5) is 5.69 Å². The minimum atomic E-state index is -1.05. The number of carbonyl (C=O) groups is 4. The Labute approximate surface area is 215 Å². The van der Waals surface area contributed by atoms with Crippen LogP contribution in [0.1, 0.15) is 17.5 Å². The number of fused-ring (bicyclic) bond motifs is 1. The van der Waals surface area contributed by atoms with Crippen molar-refractivity contribution in [1.29, 1.82) is 0 Å². The number of nitrogens with two attached hydrogens (primary N) is 1. The zero-order chi connectivity index (χ0) is 27.4. The number of nitrogens with zero attached hydrogens (tertiary/aromatic N) is 3. The van der Waals surface area contributed by atoms with E-state index < -0.39 is 23.9 Å². The largest absolute Gasteiger partial charge is 0.480 e. The Morgan fingerprint density at radius 1 is 0.811 bits per heavy atom. The van der Waals surface area contributed by atoms with Gasteiger partial charge in [0, 0.05) is 51.0 Å². The van der Waals surface area contributed by atoms with Crippen LogP contribution in [0.2, 0.25) is 0 Å². The molecule has 1 aliphatic rings. The second-order valence-electron chi connectivity index (χ2n) is 9.20. The van der Waals surface area contributed by atoms with Crippen molar-refractivity contribution in [3.63, 3.8) is 0 Å². The highest BCUT2D eigenvalue weighted by molar-refractivity contribution is 5.70. The minimum absolute atomic E-state index is 0.0269. The second-order valence-corrected chi connectivity index (χ2v) is 9.20. The van der Waals surface area contributed by atoms with Crippen molar-refractivity contribution in [2.75, 3.05) is 71.2 Å². The fourth-order valence-electron chi connectivity index (χ4n) is 4.54. The van der Waals surface area contributed by atoms with E-state index in [2.05, 4.69) is 5.32 Å². The monoisotopic (exact) mass is 523 g/mol. The number of carboxylic acid groups (broad SMARTS) is 4. The molecule has 0 radical (unpaired) electrons. The molecule has 0 aliphatic heterocycles.